The van der Waals surface area contributed by atoms with Gasteiger partial charge < -0.3 is 14.5 Å². The first-order chi connectivity index (χ1) is 14.2. The highest BCUT2D eigenvalue weighted by Gasteiger charge is 2.17. The van der Waals surface area contributed by atoms with Gasteiger partial charge in [0.05, 0.1) is 28.9 Å². The Morgan fingerprint density at radius 1 is 1.30 bits per heavy atom. The Labute approximate surface area is 169 Å². The van der Waals surface area contributed by atoms with Gasteiger partial charge >= 0.3 is 0 Å². The molecule has 30 heavy (non-hydrogen) atoms. The van der Waals surface area contributed by atoms with Crippen LogP contribution in [-0.2, 0) is 6.54 Å². The zero-order valence-corrected chi connectivity index (χ0v) is 16.1. The Hall–Kier alpha value is -3.76. The second-order valence-electron chi connectivity index (χ2n) is 6.48. The largest absolute Gasteiger partial charge is 0.487 e. The SMILES string of the molecule is Cc1cc(C)n(Cc2ccc(C(=O)Nc3cc(OCC(F)F)cc([N+](=O)[O-])c3)o2)n1. The number of aromatic nitrogens is 2. The first kappa shape index (κ1) is 21.0. The van der Waals surface area contributed by atoms with Gasteiger partial charge in [-0.05, 0) is 32.0 Å². The van der Waals surface area contributed by atoms with E-state index in [9.17, 15) is 23.7 Å². The zero-order chi connectivity index (χ0) is 21.8. The van der Waals surface area contributed by atoms with Crippen LogP contribution in [0.3, 0.4) is 0 Å². The van der Waals surface area contributed by atoms with Crippen molar-refractivity contribution in [1.29, 1.82) is 0 Å². The fourth-order valence-electron chi connectivity index (χ4n) is 2.76. The van der Waals surface area contributed by atoms with E-state index in [1.165, 1.54) is 12.1 Å². The van der Waals surface area contributed by atoms with Crippen LogP contribution in [0.5, 0.6) is 5.75 Å². The zero-order valence-electron chi connectivity index (χ0n) is 16.1. The van der Waals surface area contributed by atoms with E-state index in [0.717, 1.165) is 23.5 Å². The number of aryl methyl sites for hydroxylation is 2. The van der Waals surface area contributed by atoms with Crippen LogP contribution in [0.2, 0.25) is 0 Å². The lowest BCUT2D eigenvalue weighted by Crippen LogP contribution is -2.12. The second-order valence-corrected chi connectivity index (χ2v) is 6.48. The van der Waals surface area contributed by atoms with Gasteiger partial charge in [-0.3, -0.25) is 19.6 Å². The van der Waals surface area contributed by atoms with Crippen LogP contribution in [0.15, 0.2) is 40.8 Å². The maximum atomic E-state index is 12.5. The molecule has 1 amide bonds. The number of nitrogens with zero attached hydrogens (tertiary/aromatic N) is 3. The standard InChI is InChI=1S/C19H18F2N4O5/c1-11-5-12(2)24(23-11)9-15-3-4-17(30-15)19(26)22-13-6-14(25(27)28)8-16(7-13)29-10-18(20)21/h3-8,18H,9-10H2,1-2H3,(H,22,26). The maximum absolute atomic E-state index is 12.5. The maximum Gasteiger partial charge on any atom is 0.291 e. The number of benzene rings is 1. The minimum Gasteiger partial charge on any atom is -0.487 e. The summed E-state index contributed by atoms with van der Waals surface area (Å²) in [6.07, 6.45) is -2.74. The van der Waals surface area contributed by atoms with Gasteiger partial charge in [0.25, 0.3) is 18.0 Å². The van der Waals surface area contributed by atoms with Crippen molar-refractivity contribution in [2.24, 2.45) is 0 Å². The Morgan fingerprint density at radius 2 is 2.07 bits per heavy atom. The Kier molecular flexibility index (Phi) is 6.09. The Morgan fingerprint density at radius 3 is 2.70 bits per heavy atom. The summed E-state index contributed by atoms with van der Waals surface area (Å²) in [7, 11) is 0. The summed E-state index contributed by atoms with van der Waals surface area (Å²) in [5, 5.41) is 17.8. The first-order valence-corrected chi connectivity index (χ1v) is 8.83. The lowest BCUT2D eigenvalue weighted by molar-refractivity contribution is -0.384. The van der Waals surface area contributed by atoms with Crippen molar-refractivity contribution >= 4 is 17.3 Å². The molecule has 11 heteroatoms. The van der Waals surface area contributed by atoms with Crippen molar-refractivity contribution < 1.29 is 27.7 Å². The first-order valence-electron chi connectivity index (χ1n) is 8.83. The topological polar surface area (TPSA) is 112 Å². The number of alkyl halides is 2. The highest BCUT2D eigenvalue weighted by atomic mass is 19.3. The van der Waals surface area contributed by atoms with Crippen molar-refractivity contribution in [2.45, 2.75) is 26.8 Å². The van der Waals surface area contributed by atoms with Gasteiger partial charge in [-0.2, -0.15) is 5.10 Å². The van der Waals surface area contributed by atoms with Gasteiger partial charge in [-0.1, -0.05) is 0 Å². The van der Waals surface area contributed by atoms with Crippen molar-refractivity contribution in [3.63, 3.8) is 0 Å². The number of furan rings is 1. The number of carbonyl (C=O) groups is 1. The average Bonchev–Trinajstić information content (AvgIpc) is 3.26. The van der Waals surface area contributed by atoms with Crippen LogP contribution < -0.4 is 10.1 Å². The van der Waals surface area contributed by atoms with E-state index in [-0.39, 0.29) is 17.2 Å². The summed E-state index contributed by atoms with van der Waals surface area (Å²) in [5.74, 6) is -0.348. The molecule has 0 aliphatic carbocycles. The molecule has 0 saturated heterocycles. The highest BCUT2D eigenvalue weighted by molar-refractivity contribution is 6.02. The van der Waals surface area contributed by atoms with Crippen LogP contribution in [-0.4, -0.2) is 33.6 Å². The molecule has 0 spiro atoms. The van der Waals surface area contributed by atoms with Crippen LogP contribution in [0, 0.1) is 24.0 Å². The van der Waals surface area contributed by atoms with Crippen LogP contribution in [0.4, 0.5) is 20.2 Å². The number of ether oxygens (including phenoxy) is 1. The van der Waals surface area contributed by atoms with E-state index in [4.69, 9.17) is 9.15 Å². The molecule has 0 bridgehead atoms. The van der Waals surface area contributed by atoms with E-state index in [0.29, 0.717) is 12.3 Å². The molecule has 9 nitrogen and oxygen atoms in total. The second kappa shape index (κ2) is 8.72. The number of hydrogen-bond acceptors (Lipinski definition) is 6. The van der Waals surface area contributed by atoms with Crippen molar-refractivity contribution in [3.05, 3.63) is 69.4 Å². The number of halogens is 2. The lowest BCUT2D eigenvalue weighted by atomic mass is 10.2. The van der Waals surface area contributed by atoms with E-state index >= 15 is 0 Å². The molecule has 0 aliphatic rings. The smallest absolute Gasteiger partial charge is 0.291 e. The molecule has 0 fully saturated rings. The lowest BCUT2D eigenvalue weighted by Gasteiger charge is -2.09. The van der Waals surface area contributed by atoms with Gasteiger partial charge in [0, 0.05) is 17.8 Å². The number of non-ortho nitro benzene ring substituents is 1. The monoisotopic (exact) mass is 420 g/mol. The molecule has 0 atom stereocenters. The summed E-state index contributed by atoms with van der Waals surface area (Å²) < 4.78 is 36.8. The summed E-state index contributed by atoms with van der Waals surface area (Å²) in [5.41, 5.74) is 1.38. The van der Waals surface area contributed by atoms with Crippen molar-refractivity contribution in [1.82, 2.24) is 9.78 Å². The molecule has 1 aromatic carbocycles. The Balaban J connectivity index is 1.74. The van der Waals surface area contributed by atoms with Gasteiger partial charge in [0.15, 0.2) is 5.76 Å². The normalized spacial score (nSPS) is 11.0. The third kappa shape index (κ3) is 5.19. The van der Waals surface area contributed by atoms with Crippen LogP contribution in [0.25, 0.3) is 0 Å². The molecular weight excluding hydrogens is 402 g/mol. The van der Waals surface area contributed by atoms with Gasteiger partial charge in [0.2, 0.25) is 0 Å². The molecule has 0 aliphatic heterocycles. The number of nitro benzene ring substituents is 1. The van der Waals surface area contributed by atoms with Crippen molar-refractivity contribution in [3.8, 4) is 5.75 Å². The molecule has 1 N–H and O–H groups in total. The molecule has 0 radical (unpaired) electrons. The third-order valence-electron chi connectivity index (χ3n) is 4.03. The van der Waals surface area contributed by atoms with Crippen molar-refractivity contribution in [2.75, 3.05) is 11.9 Å². The number of amides is 1. The summed E-state index contributed by atoms with van der Waals surface area (Å²) in [6.45, 7) is 3.16. The predicted octanol–water partition coefficient (Wildman–Crippen LogP) is 3.95. The molecule has 2 heterocycles. The van der Waals surface area contributed by atoms with Gasteiger partial charge in [-0.15, -0.1) is 0 Å². The summed E-state index contributed by atoms with van der Waals surface area (Å²) >= 11 is 0. The number of nitrogens with one attached hydrogen (secondary N) is 1. The number of hydrogen-bond donors (Lipinski definition) is 1. The third-order valence-corrected chi connectivity index (χ3v) is 4.03. The van der Waals surface area contributed by atoms with E-state index in [1.54, 1.807) is 10.7 Å². The molecule has 0 unspecified atom stereocenters. The summed E-state index contributed by atoms with van der Waals surface area (Å²) in [4.78, 5) is 22.8. The molecule has 0 saturated carbocycles. The average molecular weight is 420 g/mol. The molecule has 3 rings (SSSR count). The number of anilines is 1. The fourth-order valence-corrected chi connectivity index (χ4v) is 2.76. The molecule has 3 aromatic rings. The number of carbonyl (C=O) groups excluding carboxylic acids is 1. The minimum absolute atomic E-state index is 0.00922. The molecule has 2 aromatic heterocycles. The van der Waals surface area contributed by atoms with Gasteiger partial charge in [0.1, 0.15) is 18.1 Å². The molecular formula is C19H18F2N4O5. The van der Waals surface area contributed by atoms with E-state index < -0.39 is 29.6 Å². The Bertz CT molecular complexity index is 1080. The summed E-state index contributed by atoms with van der Waals surface area (Å²) in [6, 6.07) is 8.29. The number of nitro groups is 1. The number of rotatable bonds is 8. The minimum atomic E-state index is -2.74. The molecule has 158 valence electrons. The van der Waals surface area contributed by atoms with Gasteiger partial charge in [-0.25, -0.2) is 8.78 Å². The highest BCUT2D eigenvalue weighted by Crippen LogP contribution is 2.27. The van der Waals surface area contributed by atoms with E-state index in [1.807, 2.05) is 19.9 Å². The fraction of sp³-hybridized carbons (Fsp3) is 0.263. The quantitative estimate of drug-likeness (QED) is 0.436. The van der Waals surface area contributed by atoms with Crippen LogP contribution in [0.1, 0.15) is 27.7 Å². The van der Waals surface area contributed by atoms with Crippen LogP contribution >= 0.6 is 0 Å². The predicted molar refractivity (Wildman–Crippen MR) is 102 cm³/mol. The van der Waals surface area contributed by atoms with E-state index in [2.05, 4.69) is 10.4 Å².